The number of nitrogens with one attached hydrogen (secondary N) is 2. The number of nitrogens with zero attached hydrogens (tertiary/aromatic N) is 1. The van der Waals surface area contributed by atoms with Crippen molar-refractivity contribution >= 4 is 35.0 Å². The van der Waals surface area contributed by atoms with Crippen LogP contribution in [0.3, 0.4) is 0 Å². The highest BCUT2D eigenvalue weighted by molar-refractivity contribution is 6.42. The minimum absolute atomic E-state index is 0.133. The summed E-state index contributed by atoms with van der Waals surface area (Å²) in [5.41, 5.74) is 2.24. The molecule has 0 saturated heterocycles. The van der Waals surface area contributed by atoms with Gasteiger partial charge in [0.25, 0.3) is 5.91 Å². The molecule has 0 fully saturated rings. The first kappa shape index (κ1) is 19.8. The van der Waals surface area contributed by atoms with Crippen LogP contribution in [-0.2, 0) is 11.2 Å². The summed E-state index contributed by atoms with van der Waals surface area (Å²) in [5.74, 6) is -0.880. The SMILES string of the molecule is Cc1cccc(C[C@H](NC(=O)c2ccc(Cl)c(Cl)c2)C(=O)NCC#N)c1. The molecule has 2 amide bonds. The molecule has 1 atom stereocenters. The number of hydrogen-bond donors (Lipinski definition) is 2. The molecule has 134 valence electrons. The quantitative estimate of drug-likeness (QED) is 0.743. The average Bonchev–Trinajstić information content (AvgIpc) is 2.61. The number of hydrogen-bond acceptors (Lipinski definition) is 3. The Bertz CT molecular complexity index is 862. The van der Waals surface area contributed by atoms with Crippen molar-refractivity contribution in [3.8, 4) is 6.07 Å². The van der Waals surface area contributed by atoms with Crippen LogP contribution in [0.2, 0.25) is 10.0 Å². The molecule has 5 nitrogen and oxygen atoms in total. The zero-order valence-electron chi connectivity index (χ0n) is 14.1. The van der Waals surface area contributed by atoms with Crippen molar-refractivity contribution in [3.63, 3.8) is 0 Å². The largest absolute Gasteiger partial charge is 0.341 e. The second kappa shape index (κ2) is 9.23. The fraction of sp³-hybridized carbons (Fsp3) is 0.211. The summed E-state index contributed by atoms with van der Waals surface area (Å²) in [6.07, 6.45) is 0.298. The highest BCUT2D eigenvalue weighted by Gasteiger charge is 2.22. The highest BCUT2D eigenvalue weighted by Crippen LogP contribution is 2.22. The van der Waals surface area contributed by atoms with Gasteiger partial charge in [0, 0.05) is 12.0 Å². The van der Waals surface area contributed by atoms with E-state index in [0.29, 0.717) is 17.0 Å². The van der Waals surface area contributed by atoms with E-state index in [4.69, 9.17) is 28.5 Å². The lowest BCUT2D eigenvalue weighted by molar-refractivity contribution is -0.122. The van der Waals surface area contributed by atoms with Crippen molar-refractivity contribution in [1.82, 2.24) is 10.6 Å². The van der Waals surface area contributed by atoms with Gasteiger partial charge in [-0.05, 0) is 30.7 Å². The number of rotatable bonds is 6. The Morgan fingerprint density at radius 2 is 1.92 bits per heavy atom. The molecule has 0 saturated carbocycles. The number of carbonyl (C=O) groups is 2. The molecule has 2 aromatic carbocycles. The molecule has 0 unspecified atom stereocenters. The van der Waals surface area contributed by atoms with E-state index in [1.165, 1.54) is 18.2 Å². The topological polar surface area (TPSA) is 82.0 Å². The molecular formula is C19H17Cl2N3O2. The van der Waals surface area contributed by atoms with Crippen LogP contribution in [0.4, 0.5) is 0 Å². The van der Waals surface area contributed by atoms with E-state index in [1.807, 2.05) is 37.3 Å². The maximum atomic E-state index is 12.5. The van der Waals surface area contributed by atoms with E-state index >= 15 is 0 Å². The predicted molar refractivity (Wildman–Crippen MR) is 101 cm³/mol. The molecule has 7 heteroatoms. The van der Waals surface area contributed by atoms with E-state index in [1.54, 1.807) is 0 Å². The van der Waals surface area contributed by atoms with Gasteiger partial charge in [0.1, 0.15) is 12.6 Å². The van der Waals surface area contributed by atoms with Crippen molar-refractivity contribution in [2.45, 2.75) is 19.4 Å². The van der Waals surface area contributed by atoms with Crippen LogP contribution in [-0.4, -0.2) is 24.4 Å². The van der Waals surface area contributed by atoms with Crippen molar-refractivity contribution in [3.05, 3.63) is 69.2 Å². The standard InChI is InChI=1S/C19H17Cl2N3O2/c1-12-3-2-4-13(9-12)10-17(19(26)23-8-7-22)24-18(25)14-5-6-15(20)16(21)11-14/h2-6,9,11,17H,8,10H2,1H3,(H,23,26)(H,24,25)/t17-/m0/s1. The van der Waals surface area contributed by atoms with Crippen LogP contribution >= 0.6 is 23.2 Å². The molecule has 0 radical (unpaired) electrons. The van der Waals surface area contributed by atoms with Crippen LogP contribution < -0.4 is 10.6 Å². The predicted octanol–water partition coefficient (Wildman–Crippen LogP) is 3.28. The van der Waals surface area contributed by atoms with Gasteiger partial charge in [0.05, 0.1) is 16.1 Å². The minimum atomic E-state index is -0.827. The molecule has 26 heavy (non-hydrogen) atoms. The molecular weight excluding hydrogens is 373 g/mol. The molecule has 0 aromatic heterocycles. The van der Waals surface area contributed by atoms with Gasteiger partial charge in [-0.1, -0.05) is 53.0 Å². The summed E-state index contributed by atoms with van der Waals surface area (Å²) in [6, 6.07) is 13.2. The number of halogens is 2. The summed E-state index contributed by atoms with van der Waals surface area (Å²) < 4.78 is 0. The molecule has 0 bridgehead atoms. The van der Waals surface area contributed by atoms with Gasteiger partial charge in [-0.25, -0.2) is 0 Å². The zero-order chi connectivity index (χ0) is 19.1. The molecule has 0 aliphatic carbocycles. The third kappa shape index (κ3) is 5.48. The van der Waals surface area contributed by atoms with E-state index in [0.717, 1.165) is 11.1 Å². The molecule has 2 rings (SSSR count). The Balaban J connectivity index is 2.19. The number of carbonyl (C=O) groups excluding carboxylic acids is 2. The van der Waals surface area contributed by atoms with Crippen LogP contribution in [0, 0.1) is 18.3 Å². The first-order valence-corrected chi connectivity index (χ1v) is 8.62. The number of benzene rings is 2. The van der Waals surface area contributed by atoms with E-state index in [2.05, 4.69) is 10.6 Å². The Hall–Kier alpha value is -2.55. The first-order chi connectivity index (χ1) is 12.4. The van der Waals surface area contributed by atoms with Crippen molar-refractivity contribution in [2.24, 2.45) is 0 Å². The fourth-order valence-corrected chi connectivity index (χ4v) is 2.71. The summed E-state index contributed by atoms with van der Waals surface area (Å²) in [7, 11) is 0. The molecule has 0 heterocycles. The third-order valence-electron chi connectivity index (χ3n) is 3.67. The van der Waals surface area contributed by atoms with Crippen LogP contribution in [0.1, 0.15) is 21.5 Å². The molecule has 0 aliphatic heterocycles. The molecule has 0 aliphatic rings. The van der Waals surface area contributed by atoms with Crippen molar-refractivity contribution < 1.29 is 9.59 Å². The fourth-order valence-electron chi connectivity index (χ4n) is 2.41. The Labute approximate surface area is 161 Å². The number of amides is 2. The van der Waals surface area contributed by atoms with Gasteiger partial charge in [-0.15, -0.1) is 0 Å². The minimum Gasteiger partial charge on any atom is -0.341 e. The second-order valence-electron chi connectivity index (χ2n) is 5.72. The van der Waals surface area contributed by atoms with Gasteiger partial charge in [-0.3, -0.25) is 9.59 Å². The van der Waals surface area contributed by atoms with Crippen LogP contribution in [0.25, 0.3) is 0 Å². The normalized spacial score (nSPS) is 11.3. The van der Waals surface area contributed by atoms with Gasteiger partial charge in [0.2, 0.25) is 5.91 Å². The lowest BCUT2D eigenvalue weighted by Crippen LogP contribution is -2.48. The maximum absolute atomic E-state index is 12.5. The number of aryl methyl sites for hydroxylation is 1. The van der Waals surface area contributed by atoms with Crippen LogP contribution in [0.15, 0.2) is 42.5 Å². The van der Waals surface area contributed by atoms with E-state index < -0.39 is 17.9 Å². The Kier molecular flexibility index (Phi) is 7.02. The lowest BCUT2D eigenvalue weighted by atomic mass is 10.0. The van der Waals surface area contributed by atoms with Crippen LogP contribution in [0.5, 0.6) is 0 Å². The lowest BCUT2D eigenvalue weighted by Gasteiger charge is -2.18. The van der Waals surface area contributed by atoms with Gasteiger partial charge < -0.3 is 10.6 Å². The van der Waals surface area contributed by atoms with Gasteiger partial charge in [-0.2, -0.15) is 5.26 Å². The summed E-state index contributed by atoms with van der Waals surface area (Å²) in [5, 5.41) is 14.4. The van der Waals surface area contributed by atoms with Crippen molar-refractivity contribution in [1.29, 1.82) is 5.26 Å². The van der Waals surface area contributed by atoms with Crippen molar-refractivity contribution in [2.75, 3.05) is 6.54 Å². The number of nitriles is 1. The maximum Gasteiger partial charge on any atom is 0.251 e. The average molecular weight is 390 g/mol. The Morgan fingerprint density at radius 3 is 2.58 bits per heavy atom. The summed E-state index contributed by atoms with van der Waals surface area (Å²) >= 11 is 11.8. The molecule has 2 N–H and O–H groups in total. The van der Waals surface area contributed by atoms with E-state index in [9.17, 15) is 9.59 Å². The molecule has 2 aromatic rings. The smallest absolute Gasteiger partial charge is 0.251 e. The zero-order valence-corrected chi connectivity index (χ0v) is 15.6. The molecule has 0 spiro atoms. The highest BCUT2D eigenvalue weighted by atomic mass is 35.5. The van der Waals surface area contributed by atoms with Gasteiger partial charge >= 0.3 is 0 Å². The second-order valence-corrected chi connectivity index (χ2v) is 6.54. The monoisotopic (exact) mass is 389 g/mol. The third-order valence-corrected chi connectivity index (χ3v) is 4.41. The van der Waals surface area contributed by atoms with E-state index in [-0.39, 0.29) is 11.6 Å². The van der Waals surface area contributed by atoms with Gasteiger partial charge in [0.15, 0.2) is 0 Å². The summed E-state index contributed by atoms with van der Waals surface area (Å²) in [6.45, 7) is 1.81. The Morgan fingerprint density at radius 1 is 1.15 bits per heavy atom. The first-order valence-electron chi connectivity index (χ1n) is 7.87. The summed E-state index contributed by atoms with van der Waals surface area (Å²) in [4.78, 5) is 24.9.